The molecule has 0 aromatic carbocycles. The minimum atomic E-state index is 0. The van der Waals surface area contributed by atoms with Gasteiger partial charge in [0.05, 0.1) is 19.4 Å². The molecule has 1 aliphatic heterocycles. The Labute approximate surface area is 196 Å². The van der Waals surface area contributed by atoms with Gasteiger partial charge in [0.15, 0.2) is 5.96 Å². The maximum absolute atomic E-state index is 11.9. The monoisotopic (exact) mass is 537 g/mol. The Morgan fingerprint density at radius 1 is 1.31 bits per heavy atom. The van der Waals surface area contributed by atoms with Gasteiger partial charge in [0.25, 0.3) is 0 Å². The van der Waals surface area contributed by atoms with E-state index in [-0.39, 0.29) is 29.9 Å². The van der Waals surface area contributed by atoms with Crippen LogP contribution in [0.25, 0.3) is 0 Å². The molecule has 7 nitrogen and oxygen atoms in total. The molecule has 29 heavy (non-hydrogen) atoms. The highest BCUT2D eigenvalue weighted by molar-refractivity contribution is 14.0. The lowest BCUT2D eigenvalue weighted by Gasteiger charge is -2.32. The van der Waals surface area contributed by atoms with Crippen molar-refractivity contribution in [2.24, 2.45) is 4.99 Å². The van der Waals surface area contributed by atoms with Crippen LogP contribution in [0.2, 0.25) is 0 Å². The quantitative estimate of drug-likeness (QED) is 0.174. The van der Waals surface area contributed by atoms with Crippen LogP contribution in [0.3, 0.4) is 0 Å². The third kappa shape index (κ3) is 11.1. The van der Waals surface area contributed by atoms with Gasteiger partial charge in [0.1, 0.15) is 5.76 Å². The zero-order valence-electron chi connectivity index (χ0n) is 17.6. The number of amides is 1. The van der Waals surface area contributed by atoms with Gasteiger partial charge in [-0.2, -0.15) is 11.8 Å². The summed E-state index contributed by atoms with van der Waals surface area (Å²) in [7, 11) is 0. The highest BCUT2D eigenvalue weighted by Gasteiger charge is 2.21. The number of carbonyl (C=O) groups is 1. The molecule has 9 heteroatoms. The van der Waals surface area contributed by atoms with E-state index in [2.05, 4.69) is 34.0 Å². The summed E-state index contributed by atoms with van der Waals surface area (Å²) >= 11 is 1.80. The van der Waals surface area contributed by atoms with E-state index in [9.17, 15) is 4.79 Å². The van der Waals surface area contributed by atoms with E-state index in [0.29, 0.717) is 12.6 Å². The van der Waals surface area contributed by atoms with Crippen molar-refractivity contribution in [1.82, 2.24) is 20.9 Å². The van der Waals surface area contributed by atoms with Crippen molar-refractivity contribution >= 4 is 47.6 Å². The first-order valence-electron chi connectivity index (χ1n) is 10.3. The number of halogens is 1. The molecule has 1 aliphatic rings. The first kappa shape index (κ1) is 26.1. The summed E-state index contributed by atoms with van der Waals surface area (Å²) in [5.74, 6) is 2.99. The fourth-order valence-corrected chi connectivity index (χ4v) is 3.39. The number of piperidine rings is 1. The number of thioether (sulfide) groups is 1. The van der Waals surface area contributed by atoms with E-state index in [1.165, 1.54) is 0 Å². The van der Waals surface area contributed by atoms with Gasteiger partial charge in [-0.15, -0.1) is 24.0 Å². The second kappa shape index (κ2) is 15.8. The van der Waals surface area contributed by atoms with Crippen LogP contribution in [-0.4, -0.2) is 74.1 Å². The molecule has 1 aromatic heterocycles. The summed E-state index contributed by atoms with van der Waals surface area (Å²) in [4.78, 5) is 18.8. The van der Waals surface area contributed by atoms with Crippen LogP contribution in [0.15, 0.2) is 27.8 Å². The van der Waals surface area contributed by atoms with Crippen LogP contribution in [0.4, 0.5) is 0 Å². The minimum absolute atomic E-state index is 0. The van der Waals surface area contributed by atoms with Gasteiger partial charge in [-0.05, 0) is 37.7 Å². The van der Waals surface area contributed by atoms with Gasteiger partial charge in [-0.1, -0.05) is 6.92 Å². The molecule has 0 bridgehead atoms. The van der Waals surface area contributed by atoms with Gasteiger partial charge >= 0.3 is 0 Å². The molecule has 1 amide bonds. The third-order valence-corrected chi connectivity index (χ3v) is 5.27. The number of aliphatic imine (C=N–C) groups is 1. The molecule has 3 N–H and O–H groups in total. The molecule has 1 aromatic rings. The number of furan rings is 1. The first-order valence-corrected chi connectivity index (χ1v) is 11.7. The summed E-state index contributed by atoms with van der Waals surface area (Å²) < 4.78 is 5.39. The Hall–Kier alpha value is -0.940. The van der Waals surface area contributed by atoms with Crippen LogP contribution in [0.5, 0.6) is 0 Å². The Morgan fingerprint density at radius 3 is 2.76 bits per heavy atom. The Kier molecular flexibility index (Phi) is 14.3. The fourth-order valence-electron chi connectivity index (χ4n) is 3.11. The normalized spacial score (nSPS) is 15.6. The zero-order chi connectivity index (χ0) is 20.0. The predicted octanol–water partition coefficient (Wildman–Crippen LogP) is 2.33. The van der Waals surface area contributed by atoms with Crippen molar-refractivity contribution in [2.75, 3.05) is 51.3 Å². The van der Waals surface area contributed by atoms with Crippen LogP contribution < -0.4 is 16.0 Å². The number of guanidine groups is 1. The number of rotatable bonds is 11. The van der Waals surface area contributed by atoms with Crippen LogP contribution >= 0.6 is 35.7 Å². The number of hydrogen-bond acceptors (Lipinski definition) is 5. The molecule has 0 spiro atoms. The summed E-state index contributed by atoms with van der Waals surface area (Å²) in [5, 5.41) is 9.95. The van der Waals surface area contributed by atoms with Crippen molar-refractivity contribution in [2.45, 2.75) is 38.6 Å². The lowest BCUT2D eigenvalue weighted by molar-refractivity contribution is -0.122. The SMILES string of the molecule is CCCNC(=O)CN1CCC(NC(=NCCSC)NCCc2ccco2)CC1.I. The van der Waals surface area contributed by atoms with Gasteiger partial charge in [-0.3, -0.25) is 14.7 Å². The van der Waals surface area contributed by atoms with E-state index in [1.54, 1.807) is 18.0 Å². The van der Waals surface area contributed by atoms with E-state index >= 15 is 0 Å². The minimum Gasteiger partial charge on any atom is -0.469 e. The largest absolute Gasteiger partial charge is 0.469 e. The van der Waals surface area contributed by atoms with Crippen LogP contribution in [0, 0.1) is 0 Å². The van der Waals surface area contributed by atoms with Crippen molar-refractivity contribution in [3.8, 4) is 0 Å². The van der Waals surface area contributed by atoms with Crippen molar-refractivity contribution in [1.29, 1.82) is 0 Å². The number of hydrogen-bond donors (Lipinski definition) is 3. The van der Waals surface area contributed by atoms with E-state index in [1.807, 2.05) is 12.1 Å². The maximum atomic E-state index is 11.9. The molecule has 0 saturated carbocycles. The first-order chi connectivity index (χ1) is 13.7. The number of nitrogens with one attached hydrogen (secondary N) is 3. The third-order valence-electron chi connectivity index (χ3n) is 4.68. The number of likely N-dealkylation sites (tertiary alicyclic amines) is 1. The van der Waals surface area contributed by atoms with Crippen molar-refractivity contribution in [3.63, 3.8) is 0 Å². The molecule has 2 rings (SSSR count). The molecule has 1 saturated heterocycles. The Balaban J connectivity index is 0.00000420. The molecular weight excluding hydrogens is 501 g/mol. The topological polar surface area (TPSA) is 81.9 Å². The highest BCUT2D eigenvalue weighted by atomic mass is 127. The summed E-state index contributed by atoms with van der Waals surface area (Å²) in [6.45, 7) is 6.78. The lowest BCUT2D eigenvalue weighted by atomic mass is 10.1. The van der Waals surface area contributed by atoms with E-state index in [4.69, 9.17) is 9.41 Å². The maximum Gasteiger partial charge on any atom is 0.234 e. The van der Waals surface area contributed by atoms with Crippen LogP contribution in [0.1, 0.15) is 31.9 Å². The van der Waals surface area contributed by atoms with Gasteiger partial charge < -0.3 is 20.4 Å². The second-order valence-corrected chi connectivity index (χ2v) is 8.01. The summed E-state index contributed by atoms with van der Waals surface area (Å²) in [6, 6.07) is 4.29. The van der Waals surface area contributed by atoms with Crippen molar-refractivity contribution < 1.29 is 9.21 Å². The number of carbonyl (C=O) groups excluding carboxylic acids is 1. The van der Waals surface area contributed by atoms with Crippen molar-refractivity contribution in [3.05, 3.63) is 24.2 Å². The molecule has 166 valence electrons. The smallest absolute Gasteiger partial charge is 0.234 e. The molecule has 0 unspecified atom stereocenters. The molecule has 2 heterocycles. The average Bonchev–Trinajstić information content (AvgIpc) is 3.21. The van der Waals surface area contributed by atoms with E-state index < -0.39 is 0 Å². The molecule has 0 radical (unpaired) electrons. The summed E-state index contributed by atoms with van der Waals surface area (Å²) in [5.41, 5.74) is 0. The lowest BCUT2D eigenvalue weighted by Crippen LogP contribution is -2.50. The fraction of sp³-hybridized carbons (Fsp3) is 0.700. The molecular formula is C20H36IN5O2S. The summed E-state index contributed by atoms with van der Waals surface area (Å²) in [6.07, 6.45) is 7.65. The Morgan fingerprint density at radius 2 is 2.10 bits per heavy atom. The predicted molar refractivity (Wildman–Crippen MR) is 132 cm³/mol. The second-order valence-electron chi connectivity index (χ2n) is 7.02. The van der Waals surface area contributed by atoms with Gasteiger partial charge in [0, 0.05) is 44.4 Å². The van der Waals surface area contributed by atoms with Gasteiger partial charge in [0.2, 0.25) is 5.91 Å². The Bertz CT molecular complexity index is 577. The molecule has 1 fully saturated rings. The van der Waals surface area contributed by atoms with Crippen LogP contribution in [-0.2, 0) is 11.2 Å². The van der Waals surface area contributed by atoms with E-state index in [0.717, 1.165) is 75.9 Å². The highest BCUT2D eigenvalue weighted by Crippen LogP contribution is 2.10. The molecule has 0 aliphatic carbocycles. The molecule has 0 atom stereocenters. The number of nitrogens with zero attached hydrogens (tertiary/aromatic N) is 2. The van der Waals surface area contributed by atoms with Gasteiger partial charge in [-0.25, -0.2) is 0 Å². The zero-order valence-corrected chi connectivity index (χ0v) is 20.8. The standard InChI is InChI=1S/C20H35N5O2S.HI/c1-3-9-21-19(26)16-25-12-7-17(8-13-25)24-20(23-11-15-28-2)22-10-6-18-5-4-14-27-18;/h4-5,14,17H,3,6-13,15-16H2,1-2H3,(H,21,26)(H2,22,23,24);1H. The average molecular weight is 538 g/mol.